The van der Waals surface area contributed by atoms with Crippen LogP contribution in [0.1, 0.15) is 27.2 Å². The highest BCUT2D eigenvalue weighted by molar-refractivity contribution is 7.10. The van der Waals surface area contributed by atoms with Gasteiger partial charge in [-0.05, 0) is 41.5 Å². The minimum Gasteiger partial charge on any atom is -0.384 e. The lowest BCUT2D eigenvalue weighted by atomic mass is 10.0. The van der Waals surface area contributed by atoms with E-state index in [-0.39, 0.29) is 37.8 Å². The van der Waals surface area contributed by atoms with E-state index in [0.717, 1.165) is 26.9 Å². The number of carbonyl (C=O) groups excluding carboxylic acids is 3. The molecule has 4 heterocycles. The second-order valence-electron chi connectivity index (χ2n) is 10.6. The molecule has 222 valence electrons. The molecule has 2 aliphatic heterocycles. The van der Waals surface area contributed by atoms with Crippen LogP contribution in [0.25, 0.3) is 22.0 Å². The van der Waals surface area contributed by atoms with Gasteiger partial charge in [0.15, 0.2) is 5.79 Å². The second-order valence-corrected chi connectivity index (χ2v) is 11.6. The molecule has 5 N–H and O–H groups in total. The number of rotatable bonds is 8. The average Bonchev–Trinajstić information content (AvgIpc) is 3.82. The molecule has 1 atom stereocenters. The van der Waals surface area contributed by atoms with Gasteiger partial charge in [-0.25, -0.2) is 0 Å². The molecule has 4 aromatic rings. The maximum Gasteiger partial charge on any atom is 0.251 e. The maximum atomic E-state index is 13.3. The molecule has 0 saturated carbocycles. The number of nitrogens with zero attached hydrogens (tertiary/aromatic N) is 3. The Kier molecular flexibility index (Phi) is 7.69. The minimum absolute atomic E-state index is 0.0421. The molecule has 1 spiro atoms. The van der Waals surface area contributed by atoms with Gasteiger partial charge in [-0.1, -0.05) is 18.2 Å². The molecular formula is C30H31N7O5S. The van der Waals surface area contributed by atoms with Crippen LogP contribution in [0.5, 0.6) is 0 Å². The van der Waals surface area contributed by atoms with Gasteiger partial charge in [-0.2, -0.15) is 5.10 Å². The van der Waals surface area contributed by atoms with Crippen LogP contribution in [-0.4, -0.2) is 76.4 Å². The number of hydrogen-bond acceptors (Lipinski definition) is 8. The lowest BCUT2D eigenvalue weighted by Gasteiger charge is -2.24. The molecule has 2 aliphatic rings. The van der Waals surface area contributed by atoms with Crippen molar-refractivity contribution in [1.82, 2.24) is 25.3 Å². The summed E-state index contributed by atoms with van der Waals surface area (Å²) in [5.41, 5.74) is 9.52. The molecule has 0 bridgehead atoms. The van der Waals surface area contributed by atoms with E-state index < -0.39 is 23.6 Å². The molecule has 6 rings (SSSR count). The van der Waals surface area contributed by atoms with Crippen LogP contribution in [0.2, 0.25) is 0 Å². The molecule has 2 saturated heterocycles. The van der Waals surface area contributed by atoms with Crippen LogP contribution in [0, 0.1) is 5.41 Å². The summed E-state index contributed by atoms with van der Waals surface area (Å²) in [6, 6.07) is 14.1. The number of nitrogens with one attached hydrogen (secondary N) is 3. The van der Waals surface area contributed by atoms with E-state index in [0.29, 0.717) is 24.3 Å². The Bertz CT molecular complexity index is 1710. The lowest BCUT2D eigenvalue weighted by Crippen LogP contribution is -2.49. The first-order chi connectivity index (χ1) is 20.7. The van der Waals surface area contributed by atoms with E-state index in [9.17, 15) is 14.4 Å². The monoisotopic (exact) mass is 601 g/mol. The molecule has 12 nitrogen and oxygen atoms in total. The maximum absolute atomic E-state index is 13.3. The van der Waals surface area contributed by atoms with E-state index in [1.807, 2.05) is 48.3 Å². The van der Waals surface area contributed by atoms with Crippen molar-refractivity contribution in [1.29, 1.82) is 5.41 Å². The fourth-order valence-electron chi connectivity index (χ4n) is 5.46. The SMILES string of the molecule is Cn1ncc2cc(-c3ccc(C(=O)NCC(=O)N4CC5(CC4C(=O)NCc4cc(C(=N)N)cs4)OCCO5)cc3)ccc21. The number of nitrogens with two attached hydrogens (primary N) is 1. The van der Waals surface area contributed by atoms with Crippen molar-refractivity contribution < 1.29 is 23.9 Å². The van der Waals surface area contributed by atoms with E-state index in [1.54, 1.807) is 23.6 Å². The van der Waals surface area contributed by atoms with Crippen molar-refractivity contribution in [3.63, 3.8) is 0 Å². The van der Waals surface area contributed by atoms with Gasteiger partial charge in [-0.3, -0.25) is 24.5 Å². The van der Waals surface area contributed by atoms with Gasteiger partial charge in [0.05, 0.1) is 44.6 Å². The Balaban J connectivity index is 1.08. The number of fused-ring (bicyclic) bond motifs is 1. The van der Waals surface area contributed by atoms with Gasteiger partial charge < -0.3 is 30.7 Å². The molecule has 3 amide bonds. The van der Waals surface area contributed by atoms with Crippen molar-refractivity contribution in [2.24, 2.45) is 12.8 Å². The third-order valence-electron chi connectivity index (χ3n) is 7.76. The summed E-state index contributed by atoms with van der Waals surface area (Å²) in [4.78, 5) is 41.7. The topological polar surface area (TPSA) is 165 Å². The highest BCUT2D eigenvalue weighted by atomic mass is 32.1. The van der Waals surface area contributed by atoms with Crippen LogP contribution >= 0.6 is 11.3 Å². The first-order valence-corrected chi connectivity index (χ1v) is 14.7. The number of amidine groups is 1. The van der Waals surface area contributed by atoms with Crippen molar-refractivity contribution in [3.8, 4) is 11.1 Å². The van der Waals surface area contributed by atoms with Crippen LogP contribution in [0.3, 0.4) is 0 Å². The molecule has 2 aromatic carbocycles. The standard InChI is InChI=1S/C30H31N7O5S/c1-36-24-7-6-20(10-21(24)13-35-36)18-2-4-19(5-3-18)28(39)34-15-26(38)37-17-30(41-8-9-42-30)12-25(37)29(40)33-14-23-11-22(16-43-23)27(31)32/h2-7,10-11,13,16,25H,8-9,12,14-15,17H2,1H3,(H3,31,32)(H,33,40)(H,34,39). The summed E-state index contributed by atoms with van der Waals surface area (Å²) in [7, 11) is 1.89. The van der Waals surface area contributed by atoms with E-state index in [1.165, 1.54) is 16.2 Å². The smallest absolute Gasteiger partial charge is 0.251 e. The normalized spacial score (nSPS) is 17.4. The van der Waals surface area contributed by atoms with Crippen molar-refractivity contribution >= 4 is 45.8 Å². The van der Waals surface area contributed by atoms with Crippen LogP contribution < -0.4 is 16.4 Å². The number of aromatic nitrogens is 2. The molecule has 43 heavy (non-hydrogen) atoms. The number of hydrogen-bond donors (Lipinski definition) is 4. The van der Waals surface area contributed by atoms with Crippen LogP contribution in [0.4, 0.5) is 0 Å². The fourth-order valence-corrected chi connectivity index (χ4v) is 6.29. The molecule has 2 aromatic heterocycles. The van der Waals surface area contributed by atoms with Gasteiger partial charge in [0, 0.05) is 40.2 Å². The van der Waals surface area contributed by atoms with Gasteiger partial charge >= 0.3 is 0 Å². The van der Waals surface area contributed by atoms with E-state index >= 15 is 0 Å². The predicted molar refractivity (Wildman–Crippen MR) is 160 cm³/mol. The Morgan fingerprint density at radius 1 is 1.07 bits per heavy atom. The Hall–Kier alpha value is -4.59. The largest absolute Gasteiger partial charge is 0.384 e. The molecule has 13 heteroatoms. The van der Waals surface area contributed by atoms with Crippen molar-refractivity contribution in [2.45, 2.75) is 24.8 Å². The highest BCUT2D eigenvalue weighted by Gasteiger charge is 2.52. The number of aryl methyl sites for hydroxylation is 1. The van der Waals surface area contributed by atoms with Crippen LogP contribution in [0.15, 0.2) is 60.1 Å². The number of likely N-dealkylation sites (tertiary alicyclic amines) is 1. The Labute approximate surface area is 251 Å². The quantitative estimate of drug-likeness (QED) is 0.177. The number of carbonyl (C=O) groups is 3. The molecule has 0 aliphatic carbocycles. The molecule has 1 unspecified atom stereocenters. The number of amides is 3. The van der Waals surface area contributed by atoms with Gasteiger partial charge in [-0.15, -0.1) is 11.3 Å². The number of benzene rings is 2. The van der Waals surface area contributed by atoms with Gasteiger partial charge in [0.2, 0.25) is 11.8 Å². The summed E-state index contributed by atoms with van der Waals surface area (Å²) in [6.07, 6.45) is 2.00. The zero-order chi connectivity index (χ0) is 30.1. The molecule has 2 fully saturated rings. The van der Waals surface area contributed by atoms with Crippen LogP contribution in [-0.2, 0) is 32.7 Å². The third kappa shape index (κ3) is 5.87. The first kappa shape index (κ1) is 28.5. The zero-order valence-corrected chi connectivity index (χ0v) is 24.3. The van der Waals surface area contributed by atoms with Gasteiger partial charge in [0.1, 0.15) is 11.9 Å². The number of ether oxygens (including phenoxy) is 2. The second kappa shape index (κ2) is 11.6. The van der Waals surface area contributed by atoms with Crippen molar-refractivity contribution in [2.75, 3.05) is 26.3 Å². The van der Waals surface area contributed by atoms with Gasteiger partial charge in [0.25, 0.3) is 5.91 Å². The summed E-state index contributed by atoms with van der Waals surface area (Å²) in [6.45, 7) is 0.783. The Morgan fingerprint density at radius 3 is 2.53 bits per heavy atom. The number of thiophene rings is 1. The average molecular weight is 602 g/mol. The number of nitrogen functional groups attached to an aromatic ring is 1. The Morgan fingerprint density at radius 2 is 1.81 bits per heavy atom. The first-order valence-electron chi connectivity index (χ1n) is 13.8. The zero-order valence-electron chi connectivity index (χ0n) is 23.5. The fraction of sp³-hybridized carbons (Fsp3) is 0.300. The summed E-state index contributed by atoms with van der Waals surface area (Å²) in [5.74, 6) is -2.25. The summed E-state index contributed by atoms with van der Waals surface area (Å²) < 4.78 is 13.4. The molecular weight excluding hydrogens is 570 g/mol. The van der Waals surface area contributed by atoms with E-state index in [4.69, 9.17) is 20.6 Å². The minimum atomic E-state index is -1.04. The lowest BCUT2D eigenvalue weighted by molar-refractivity contribution is -0.152. The van der Waals surface area contributed by atoms with E-state index in [2.05, 4.69) is 15.7 Å². The highest BCUT2D eigenvalue weighted by Crippen LogP contribution is 2.35. The predicted octanol–water partition coefficient (Wildman–Crippen LogP) is 1.98. The van der Waals surface area contributed by atoms with Crippen molar-refractivity contribution in [3.05, 3.63) is 76.1 Å². The summed E-state index contributed by atoms with van der Waals surface area (Å²) >= 11 is 1.38. The molecule has 0 radical (unpaired) electrons. The third-order valence-corrected chi connectivity index (χ3v) is 8.69. The summed E-state index contributed by atoms with van der Waals surface area (Å²) in [5, 5.41) is 20.2.